The molecule has 19 heavy (non-hydrogen) atoms. The Morgan fingerprint density at radius 2 is 2.16 bits per heavy atom. The molecule has 106 valence electrons. The van der Waals surface area contributed by atoms with E-state index in [0.717, 1.165) is 0 Å². The highest BCUT2D eigenvalue weighted by molar-refractivity contribution is 9.10. The quantitative estimate of drug-likeness (QED) is 0.782. The number of rotatable bonds is 6. The first-order valence-electron chi connectivity index (χ1n) is 5.45. The van der Waals surface area contributed by atoms with Gasteiger partial charge in [-0.1, -0.05) is 11.6 Å². The lowest BCUT2D eigenvalue weighted by Gasteiger charge is -2.08. The van der Waals surface area contributed by atoms with Crippen LogP contribution in [0.25, 0.3) is 0 Å². The van der Waals surface area contributed by atoms with Crippen LogP contribution in [0.1, 0.15) is 13.3 Å². The summed E-state index contributed by atoms with van der Waals surface area (Å²) in [6.07, 6.45) is -0.187. The van der Waals surface area contributed by atoms with Crippen molar-refractivity contribution in [3.05, 3.63) is 27.7 Å². The van der Waals surface area contributed by atoms with Gasteiger partial charge in [0.05, 0.1) is 29.5 Å². The first-order valence-corrected chi connectivity index (χ1v) is 8.27. The van der Waals surface area contributed by atoms with Crippen molar-refractivity contribution in [3.63, 3.8) is 0 Å². The van der Waals surface area contributed by atoms with Gasteiger partial charge >= 0.3 is 5.97 Å². The largest absolute Gasteiger partial charge is 0.466 e. The van der Waals surface area contributed by atoms with E-state index in [2.05, 4.69) is 25.4 Å². The lowest BCUT2D eigenvalue weighted by molar-refractivity contribution is -0.142. The molecule has 1 N–H and O–H groups in total. The SMILES string of the molecule is CCOC(=O)CCS(=O)(=O)Nc1ccc(Br)c(Cl)c1. The van der Waals surface area contributed by atoms with Crippen LogP contribution in [0, 0.1) is 0 Å². The summed E-state index contributed by atoms with van der Waals surface area (Å²) < 4.78 is 31.1. The standard InChI is InChI=1S/C11H13BrClNO4S/c1-2-18-11(15)5-6-19(16,17)14-8-3-4-9(12)10(13)7-8/h3-4,7,14H,2,5-6H2,1H3. The molecule has 0 bridgehead atoms. The van der Waals surface area contributed by atoms with Crippen molar-refractivity contribution in [2.75, 3.05) is 17.1 Å². The minimum Gasteiger partial charge on any atom is -0.466 e. The normalized spacial score (nSPS) is 11.1. The van der Waals surface area contributed by atoms with Crippen molar-refractivity contribution in [1.29, 1.82) is 0 Å². The van der Waals surface area contributed by atoms with Crippen molar-refractivity contribution < 1.29 is 17.9 Å². The second-order valence-corrected chi connectivity index (χ2v) is 6.71. The van der Waals surface area contributed by atoms with Crippen molar-refractivity contribution >= 4 is 49.2 Å². The average Bonchev–Trinajstić information content (AvgIpc) is 2.32. The average molecular weight is 371 g/mol. The number of benzene rings is 1. The third-order valence-corrected chi connectivity index (χ3v) is 4.59. The zero-order chi connectivity index (χ0) is 14.5. The fourth-order valence-corrected chi connectivity index (χ4v) is 2.69. The minimum atomic E-state index is -3.60. The molecule has 0 aliphatic heterocycles. The second kappa shape index (κ2) is 7.12. The molecule has 0 spiro atoms. The molecule has 0 aliphatic rings. The Balaban J connectivity index is 2.64. The number of nitrogens with one attached hydrogen (secondary N) is 1. The summed E-state index contributed by atoms with van der Waals surface area (Å²) >= 11 is 9.06. The summed E-state index contributed by atoms with van der Waals surface area (Å²) in [5.74, 6) is -0.874. The number of esters is 1. The lowest BCUT2D eigenvalue weighted by Crippen LogP contribution is -2.19. The Morgan fingerprint density at radius 3 is 2.74 bits per heavy atom. The maximum atomic E-state index is 11.7. The molecular formula is C11H13BrClNO4S. The molecular weight excluding hydrogens is 358 g/mol. The fourth-order valence-electron chi connectivity index (χ4n) is 1.24. The molecule has 0 amide bonds. The first kappa shape index (κ1) is 16.3. The highest BCUT2D eigenvalue weighted by Crippen LogP contribution is 2.26. The molecule has 0 radical (unpaired) electrons. The van der Waals surface area contributed by atoms with Crippen LogP contribution in [0.3, 0.4) is 0 Å². The molecule has 5 nitrogen and oxygen atoms in total. The monoisotopic (exact) mass is 369 g/mol. The topological polar surface area (TPSA) is 72.5 Å². The Labute approximate surface area is 125 Å². The number of carbonyl (C=O) groups excluding carboxylic acids is 1. The van der Waals surface area contributed by atoms with E-state index < -0.39 is 16.0 Å². The molecule has 0 aliphatic carbocycles. The molecule has 8 heteroatoms. The molecule has 0 saturated heterocycles. The summed E-state index contributed by atoms with van der Waals surface area (Å²) in [5.41, 5.74) is 0.344. The summed E-state index contributed by atoms with van der Waals surface area (Å²) in [7, 11) is -3.60. The highest BCUT2D eigenvalue weighted by atomic mass is 79.9. The number of hydrogen-bond acceptors (Lipinski definition) is 4. The smallest absolute Gasteiger partial charge is 0.306 e. The number of carbonyl (C=O) groups is 1. The second-order valence-electron chi connectivity index (χ2n) is 3.60. The molecule has 0 atom stereocenters. The van der Waals surface area contributed by atoms with Crippen LogP contribution in [0.2, 0.25) is 5.02 Å². The summed E-state index contributed by atoms with van der Waals surface area (Å²) in [6.45, 7) is 1.89. The van der Waals surface area contributed by atoms with Crippen LogP contribution in [0.4, 0.5) is 5.69 Å². The van der Waals surface area contributed by atoms with E-state index in [0.29, 0.717) is 15.2 Å². The van der Waals surface area contributed by atoms with Crippen molar-refractivity contribution in [2.24, 2.45) is 0 Å². The Bertz CT molecular complexity index is 562. The van der Waals surface area contributed by atoms with Gasteiger partial charge in [0, 0.05) is 4.47 Å². The summed E-state index contributed by atoms with van der Waals surface area (Å²) in [4.78, 5) is 11.1. The van der Waals surface area contributed by atoms with E-state index in [1.807, 2.05) is 0 Å². The number of hydrogen-bond donors (Lipinski definition) is 1. The van der Waals surface area contributed by atoms with E-state index in [-0.39, 0.29) is 18.8 Å². The van der Waals surface area contributed by atoms with Crippen LogP contribution >= 0.6 is 27.5 Å². The van der Waals surface area contributed by atoms with Gasteiger partial charge in [0.15, 0.2) is 0 Å². The molecule has 1 aromatic rings. The maximum Gasteiger partial charge on any atom is 0.306 e. The predicted molar refractivity (Wildman–Crippen MR) is 77.8 cm³/mol. The zero-order valence-electron chi connectivity index (χ0n) is 10.2. The summed E-state index contributed by atoms with van der Waals surface area (Å²) in [5, 5.41) is 0.394. The highest BCUT2D eigenvalue weighted by Gasteiger charge is 2.14. The van der Waals surface area contributed by atoms with Crippen molar-refractivity contribution in [1.82, 2.24) is 0 Å². The van der Waals surface area contributed by atoms with E-state index >= 15 is 0 Å². The van der Waals surface area contributed by atoms with Gasteiger partial charge < -0.3 is 4.74 Å². The van der Waals surface area contributed by atoms with E-state index in [1.165, 1.54) is 6.07 Å². The van der Waals surface area contributed by atoms with Crippen molar-refractivity contribution in [2.45, 2.75) is 13.3 Å². The van der Waals surface area contributed by atoms with Gasteiger partial charge in [0.2, 0.25) is 10.0 Å². The first-order chi connectivity index (χ1) is 8.84. The molecule has 1 rings (SSSR count). The predicted octanol–water partition coefficient (Wildman–Crippen LogP) is 2.80. The third-order valence-electron chi connectivity index (χ3n) is 2.07. The van der Waals surface area contributed by atoms with E-state index in [4.69, 9.17) is 11.6 Å². The van der Waals surface area contributed by atoms with Gasteiger partial charge in [-0.25, -0.2) is 8.42 Å². The molecule has 0 fully saturated rings. The van der Waals surface area contributed by atoms with Gasteiger partial charge in [-0.3, -0.25) is 9.52 Å². The fraction of sp³-hybridized carbons (Fsp3) is 0.364. The number of halogens is 2. The van der Waals surface area contributed by atoms with Crippen LogP contribution < -0.4 is 4.72 Å². The number of anilines is 1. The van der Waals surface area contributed by atoms with Gasteiger partial charge in [-0.15, -0.1) is 0 Å². The van der Waals surface area contributed by atoms with Crippen LogP contribution in [-0.2, 0) is 19.6 Å². The Hall–Kier alpha value is -0.790. The molecule has 0 aromatic heterocycles. The number of sulfonamides is 1. The van der Waals surface area contributed by atoms with E-state index in [9.17, 15) is 13.2 Å². The van der Waals surface area contributed by atoms with Crippen LogP contribution in [0.5, 0.6) is 0 Å². The zero-order valence-corrected chi connectivity index (χ0v) is 13.3. The van der Waals surface area contributed by atoms with Gasteiger partial charge in [0.25, 0.3) is 0 Å². The van der Waals surface area contributed by atoms with Crippen LogP contribution in [-0.4, -0.2) is 26.7 Å². The third kappa shape index (κ3) is 5.80. The number of ether oxygens (including phenoxy) is 1. The van der Waals surface area contributed by atoms with Gasteiger partial charge in [-0.05, 0) is 41.1 Å². The van der Waals surface area contributed by atoms with Gasteiger partial charge in [-0.2, -0.15) is 0 Å². The Kier molecular flexibility index (Phi) is 6.09. The van der Waals surface area contributed by atoms with Crippen molar-refractivity contribution in [3.8, 4) is 0 Å². The minimum absolute atomic E-state index is 0.187. The molecule has 0 unspecified atom stereocenters. The van der Waals surface area contributed by atoms with E-state index in [1.54, 1.807) is 19.1 Å². The molecule has 1 aromatic carbocycles. The maximum absolute atomic E-state index is 11.7. The van der Waals surface area contributed by atoms with Gasteiger partial charge in [0.1, 0.15) is 0 Å². The Morgan fingerprint density at radius 1 is 1.47 bits per heavy atom. The lowest BCUT2D eigenvalue weighted by atomic mass is 10.3. The summed E-state index contributed by atoms with van der Waals surface area (Å²) in [6, 6.07) is 4.68. The molecule has 0 saturated carbocycles. The van der Waals surface area contributed by atoms with Crippen LogP contribution in [0.15, 0.2) is 22.7 Å². The molecule has 0 heterocycles.